The largest absolute Gasteiger partial charge is 0.457 e. The monoisotopic (exact) mass is 631 g/mol. The summed E-state index contributed by atoms with van der Waals surface area (Å²) in [6.07, 6.45) is -0.291. The van der Waals surface area contributed by atoms with Crippen molar-refractivity contribution in [2.24, 2.45) is 45.8 Å². The average Bonchev–Trinajstić information content (AvgIpc) is 2.89. The topological polar surface area (TPSA) is 128 Å². The molecular formula is C36H57NO8. The van der Waals surface area contributed by atoms with Gasteiger partial charge in [0.25, 0.3) is 0 Å². The van der Waals surface area contributed by atoms with Gasteiger partial charge in [-0.3, -0.25) is 14.4 Å². The minimum absolute atomic E-state index is 0.0488. The number of ether oxygens (including phenoxy) is 3. The molecule has 45 heavy (non-hydrogen) atoms. The number of Topliss-reactive ketones (excluding diaryl/α,β-unsaturated/α-hetero) is 2. The van der Waals surface area contributed by atoms with Gasteiger partial charge in [-0.2, -0.15) is 0 Å². The Hall–Kier alpha value is -2.26. The smallest absolute Gasteiger partial charge is 0.407 e. The highest BCUT2D eigenvalue weighted by molar-refractivity contribution is 6.46. The van der Waals surface area contributed by atoms with Gasteiger partial charge in [0.05, 0.1) is 24.2 Å². The van der Waals surface area contributed by atoms with Crippen molar-refractivity contribution in [3.8, 4) is 0 Å². The quantitative estimate of drug-likeness (QED) is 0.278. The molecule has 4 rings (SSSR count). The lowest BCUT2D eigenvalue weighted by Gasteiger charge is -2.68. The molecule has 1 unspecified atom stereocenters. The summed E-state index contributed by atoms with van der Waals surface area (Å²) >= 11 is 0. The van der Waals surface area contributed by atoms with Gasteiger partial charge in [-0.05, 0) is 76.7 Å². The van der Waals surface area contributed by atoms with Crippen LogP contribution < -0.4 is 5.32 Å². The third-order valence-electron chi connectivity index (χ3n) is 12.2. The van der Waals surface area contributed by atoms with Crippen LogP contribution in [0.1, 0.15) is 109 Å². The van der Waals surface area contributed by atoms with Crippen molar-refractivity contribution >= 4 is 23.6 Å². The molecule has 254 valence electrons. The molecule has 2 bridgehead atoms. The molecule has 1 aliphatic heterocycles. The van der Waals surface area contributed by atoms with E-state index in [-0.39, 0.29) is 41.3 Å². The van der Waals surface area contributed by atoms with Crippen molar-refractivity contribution in [2.45, 2.75) is 139 Å². The lowest BCUT2D eigenvalue weighted by atomic mass is 9.39. The Bertz CT molecular complexity index is 1280. The van der Waals surface area contributed by atoms with E-state index < -0.39 is 69.6 Å². The zero-order valence-electron chi connectivity index (χ0n) is 29.8. The van der Waals surface area contributed by atoms with Crippen LogP contribution in [0, 0.1) is 45.8 Å². The maximum absolute atomic E-state index is 14.4. The van der Waals surface area contributed by atoms with E-state index in [9.17, 15) is 24.3 Å². The summed E-state index contributed by atoms with van der Waals surface area (Å²) in [5.74, 6) is -3.00. The zero-order valence-corrected chi connectivity index (χ0v) is 29.8. The van der Waals surface area contributed by atoms with Crippen molar-refractivity contribution in [2.75, 3.05) is 6.61 Å². The van der Waals surface area contributed by atoms with Crippen LogP contribution in [0.3, 0.4) is 0 Å². The molecule has 9 nitrogen and oxygen atoms in total. The molecule has 4 aliphatic rings. The molecule has 1 heterocycles. The third-order valence-corrected chi connectivity index (χ3v) is 12.2. The van der Waals surface area contributed by atoms with Gasteiger partial charge < -0.3 is 24.6 Å². The van der Waals surface area contributed by atoms with E-state index >= 15 is 0 Å². The van der Waals surface area contributed by atoms with Crippen LogP contribution in [0.15, 0.2) is 11.1 Å². The predicted molar refractivity (Wildman–Crippen MR) is 170 cm³/mol. The molecule has 9 heteroatoms. The Morgan fingerprint density at radius 3 is 2.20 bits per heavy atom. The van der Waals surface area contributed by atoms with E-state index in [4.69, 9.17) is 14.2 Å². The van der Waals surface area contributed by atoms with Crippen LogP contribution >= 0.6 is 0 Å². The van der Waals surface area contributed by atoms with E-state index in [0.717, 1.165) is 0 Å². The van der Waals surface area contributed by atoms with Gasteiger partial charge in [-0.25, -0.2) is 4.79 Å². The van der Waals surface area contributed by atoms with Gasteiger partial charge in [0, 0.05) is 34.3 Å². The molecular weight excluding hydrogens is 574 g/mol. The number of rotatable bonds is 6. The maximum atomic E-state index is 14.4. The third kappa shape index (κ3) is 5.57. The summed E-state index contributed by atoms with van der Waals surface area (Å²) in [6, 6.07) is -0.559. The summed E-state index contributed by atoms with van der Waals surface area (Å²) in [4.78, 5) is 55.3. The van der Waals surface area contributed by atoms with Gasteiger partial charge in [0.15, 0.2) is 0 Å². The van der Waals surface area contributed by atoms with Crippen LogP contribution in [0.2, 0.25) is 0 Å². The number of hydrogen-bond acceptors (Lipinski definition) is 8. The minimum Gasteiger partial charge on any atom is -0.457 e. The Labute approximate surface area is 269 Å². The molecule has 0 aromatic heterocycles. The second-order valence-electron chi connectivity index (χ2n) is 17.1. The molecule has 1 saturated heterocycles. The summed E-state index contributed by atoms with van der Waals surface area (Å²) in [7, 11) is 0. The molecule has 0 aromatic carbocycles. The maximum Gasteiger partial charge on any atom is 0.407 e. The first-order valence-electron chi connectivity index (χ1n) is 16.8. The first-order chi connectivity index (χ1) is 20.4. The van der Waals surface area contributed by atoms with Gasteiger partial charge in [-0.15, -0.1) is 0 Å². The molecule has 2 saturated carbocycles. The number of fused-ring (bicyclic) bond motifs is 5. The van der Waals surface area contributed by atoms with E-state index in [1.165, 1.54) is 0 Å². The Morgan fingerprint density at radius 1 is 1.09 bits per heavy atom. The number of nitrogens with one attached hydrogen (secondary N) is 1. The van der Waals surface area contributed by atoms with E-state index in [2.05, 4.69) is 12.2 Å². The number of esters is 1. The van der Waals surface area contributed by atoms with Crippen LogP contribution in [0.25, 0.3) is 0 Å². The minimum atomic E-state index is -1.47. The second kappa shape index (κ2) is 11.5. The molecule has 0 aromatic rings. The SMILES string of the molecule is CC1=C2C(=O)C(=O)[C@@]3(C)[C@H]([C@H](C)[C@](O)(CC1OC(=O)[C@H](C)[C@H](CC(C)C)NC(=O)OC(C)(C)C)C2(C)C)[C@]1(C)CO[C@@H]1C[C@@H]3C. The summed E-state index contributed by atoms with van der Waals surface area (Å²) in [6.45, 7) is 25.0. The van der Waals surface area contributed by atoms with Gasteiger partial charge in [-0.1, -0.05) is 55.4 Å². The lowest BCUT2D eigenvalue weighted by Crippen LogP contribution is -2.73. The Kier molecular flexibility index (Phi) is 9.07. The number of ketones is 2. The van der Waals surface area contributed by atoms with Crippen molar-refractivity contribution in [1.82, 2.24) is 5.32 Å². The van der Waals surface area contributed by atoms with Crippen LogP contribution in [0.5, 0.6) is 0 Å². The number of aliphatic hydroxyl groups is 1. The van der Waals surface area contributed by atoms with Gasteiger partial charge in [0.1, 0.15) is 11.7 Å². The highest BCUT2D eigenvalue weighted by Crippen LogP contribution is 2.67. The molecule has 10 atom stereocenters. The number of hydrogen-bond donors (Lipinski definition) is 2. The Balaban J connectivity index is 1.73. The van der Waals surface area contributed by atoms with Crippen LogP contribution in [-0.2, 0) is 28.6 Å². The number of carbonyl (C=O) groups excluding carboxylic acids is 4. The standard InChI is InChI=1S/C36H57NO8/c1-18(2)14-23(37-31(41)45-32(7,8)9)20(4)30(40)44-24-16-36(42)22(6)28-34(12)17-43-25(34)15-19(3)35(28,13)29(39)27(38)26(21(24)5)33(36,10)11/h18-20,22-25,28,42H,14-17H2,1-13H3,(H,37,41)/t19-,20+,22-,23-,24?,25+,28+,34+,35+,36+/m0/s1. The molecule has 1 amide bonds. The first kappa shape index (κ1) is 35.6. The van der Waals surface area contributed by atoms with Crippen molar-refractivity contribution in [1.29, 1.82) is 0 Å². The molecule has 0 radical (unpaired) electrons. The van der Waals surface area contributed by atoms with E-state index in [0.29, 0.717) is 25.0 Å². The summed E-state index contributed by atoms with van der Waals surface area (Å²) < 4.78 is 17.6. The number of carbonyl (C=O) groups is 4. The van der Waals surface area contributed by atoms with Crippen molar-refractivity contribution < 1.29 is 38.5 Å². The van der Waals surface area contributed by atoms with E-state index in [1.54, 1.807) is 34.6 Å². The van der Waals surface area contributed by atoms with Crippen LogP contribution in [-0.4, -0.2) is 64.8 Å². The lowest BCUT2D eigenvalue weighted by molar-refractivity contribution is -0.290. The second-order valence-corrected chi connectivity index (χ2v) is 17.1. The highest BCUT2D eigenvalue weighted by atomic mass is 16.6. The molecule has 3 fully saturated rings. The fraction of sp³-hybridized carbons (Fsp3) is 0.833. The van der Waals surface area contributed by atoms with Gasteiger partial charge in [0.2, 0.25) is 11.6 Å². The predicted octanol–water partition coefficient (Wildman–Crippen LogP) is 5.81. The van der Waals surface area contributed by atoms with Crippen molar-refractivity contribution in [3.63, 3.8) is 0 Å². The van der Waals surface area contributed by atoms with Crippen molar-refractivity contribution in [3.05, 3.63) is 11.1 Å². The molecule has 2 N–H and O–H groups in total. The molecule has 3 aliphatic carbocycles. The fourth-order valence-electron chi connectivity index (χ4n) is 9.41. The normalized spacial score (nSPS) is 39.0. The fourth-order valence-corrected chi connectivity index (χ4v) is 9.41. The highest BCUT2D eigenvalue weighted by Gasteiger charge is 2.72. The summed E-state index contributed by atoms with van der Waals surface area (Å²) in [5, 5.41) is 15.7. The summed E-state index contributed by atoms with van der Waals surface area (Å²) in [5.41, 5.74) is -3.86. The first-order valence-corrected chi connectivity index (χ1v) is 16.8. The Morgan fingerprint density at radius 2 is 1.69 bits per heavy atom. The number of amides is 1. The van der Waals surface area contributed by atoms with Gasteiger partial charge >= 0.3 is 12.1 Å². The number of alkyl carbamates (subject to hydrolysis) is 1. The van der Waals surface area contributed by atoms with E-state index in [1.807, 2.05) is 48.5 Å². The molecule has 0 spiro atoms. The zero-order chi connectivity index (χ0) is 34.2. The average molecular weight is 632 g/mol. The van der Waals surface area contributed by atoms with Crippen LogP contribution in [0.4, 0.5) is 4.79 Å².